The summed E-state index contributed by atoms with van der Waals surface area (Å²) in [4.78, 5) is 27.2. The molecule has 2 aliphatic rings. The minimum absolute atomic E-state index is 0.0132. The monoisotopic (exact) mass is 423 g/mol. The van der Waals surface area contributed by atoms with Gasteiger partial charge in [0.2, 0.25) is 11.8 Å². The van der Waals surface area contributed by atoms with Gasteiger partial charge in [-0.25, -0.2) is 0 Å². The van der Waals surface area contributed by atoms with Crippen LogP contribution in [-0.4, -0.2) is 41.1 Å². The number of hydrogen-bond acceptors (Lipinski definition) is 5. The van der Waals surface area contributed by atoms with Crippen LogP contribution in [0.25, 0.3) is 0 Å². The zero-order valence-electron chi connectivity index (χ0n) is 18.2. The quantitative estimate of drug-likeness (QED) is 0.681. The molecule has 0 aromatic heterocycles. The van der Waals surface area contributed by atoms with Crippen molar-refractivity contribution in [1.82, 2.24) is 4.90 Å². The lowest BCUT2D eigenvalue weighted by atomic mass is 9.62. The van der Waals surface area contributed by atoms with Crippen LogP contribution in [0.3, 0.4) is 0 Å². The van der Waals surface area contributed by atoms with E-state index in [1.54, 1.807) is 24.3 Å². The first-order chi connectivity index (χ1) is 14.7. The number of piperidine rings is 1. The number of amides is 2. The molecule has 4 rings (SSSR count). The molecule has 1 N–H and O–H groups in total. The van der Waals surface area contributed by atoms with Crippen molar-refractivity contribution in [3.05, 3.63) is 54.6 Å². The smallest absolute Gasteiger partial charge is 0.235 e. The summed E-state index contributed by atoms with van der Waals surface area (Å²) in [5.74, 6) is 1.46. The van der Waals surface area contributed by atoms with Crippen molar-refractivity contribution in [2.24, 2.45) is 16.7 Å². The van der Waals surface area contributed by atoms with Crippen LogP contribution in [0.15, 0.2) is 54.6 Å². The number of hydrogen-bond donors (Lipinski definition) is 1. The molecule has 2 bridgehead atoms. The molecule has 164 valence electrons. The van der Waals surface area contributed by atoms with E-state index in [1.165, 1.54) is 4.90 Å². The van der Waals surface area contributed by atoms with E-state index in [9.17, 15) is 14.7 Å². The van der Waals surface area contributed by atoms with Crippen LogP contribution < -0.4 is 9.47 Å². The highest BCUT2D eigenvalue weighted by molar-refractivity contribution is 6.03. The van der Waals surface area contributed by atoms with Gasteiger partial charge >= 0.3 is 0 Å². The highest BCUT2D eigenvalue weighted by atomic mass is 16.5. The van der Waals surface area contributed by atoms with Crippen molar-refractivity contribution in [1.29, 1.82) is 0 Å². The number of aliphatic hydroxyl groups excluding tert-OH is 1. The second-order valence-corrected chi connectivity index (χ2v) is 9.25. The maximum Gasteiger partial charge on any atom is 0.235 e. The number of rotatable bonds is 7. The summed E-state index contributed by atoms with van der Waals surface area (Å²) in [6.45, 7) is 5.89. The fraction of sp³-hybridized carbons (Fsp3) is 0.440. The SMILES string of the molecule is CC12CCC(C(=O)N(CC(O)COc3ccc(Oc4ccccc4)cc3)C1=O)C2(C)C. The van der Waals surface area contributed by atoms with Crippen molar-refractivity contribution < 1.29 is 24.2 Å². The van der Waals surface area contributed by atoms with E-state index in [1.807, 2.05) is 51.1 Å². The number of ether oxygens (including phenoxy) is 2. The molecule has 31 heavy (non-hydrogen) atoms. The van der Waals surface area contributed by atoms with Crippen LogP contribution >= 0.6 is 0 Å². The Bertz CT molecular complexity index is 956. The molecule has 0 spiro atoms. The van der Waals surface area contributed by atoms with Gasteiger partial charge in [0.1, 0.15) is 30.0 Å². The van der Waals surface area contributed by atoms with Crippen molar-refractivity contribution in [3.8, 4) is 17.2 Å². The molecular formula is C25H29NO5. The summed E-state index contributed by atoms with van der Waals surface area (Å²) in [6, 6.07) is 16.6. The Balaban J connectivity index is 1.33. The van der Waals surface area contributed by atoms with Gasteiger partial charge in [-0.2, -0.15) is 0 Å². The summed E-state index contributed by atoms with van der Waals surface area (Å²) in [5.41, 5.74) is -0.927. The average molecular weight is 424 g/mol. The number of β-amino-alcohol motifs (C(OH)–C–C–N with tert-alkyl or cyclic N) is 1. The zero-order chi connectivity index (χ0) is 22.2. The zero-order valence-corrected chi connectivity index (χ0v) is 18.2. The van der Waals surface area contributed by atoms with Crippen LogP contribution in [0.2, 0.25) is 0 Å². The van der Waals surface area contributed by atoms with E-state index in [0.717, 1.165) is 5.75 Å². The van der Waals surface area contributed by atoms with Gasteiger partial charge in [-0.3, -0.25) is 14.5 Å². The molecule has 2 aromatic rings. The third-order valence-electron chi connectivity index (χ3n) is 7.15. The number of fused-ring (bicyclic) bond motifs is 2. The first-order valence-corrected chi connectivity index (χ1v) is 10.7. The van der Waals surface area contributed by atoms with Crippen molar-refractivity contribution in [3.63, 3.8) is 0 Å². The summed E-state index contributed by atoms with van der Waals surface area (Å²) in [5, 5.41) is 10.5. The largest absolute Gasteiger partial charge is 0.491 e. The number of benzene rings is 2. The fourth-order valence-corrected chi connectivity index (χ4v) is 4.76. The highest BCUT2D eigenvalue weighted by Crippen LogP contribution is 2.60. The first-order valence-electron chi connectivity index (χ1n) is 10.7. The second-order valence-electron chi connectivity index (χ2n) is 9.25. The Hall–Kier alpha value is -2.86. The number of para-hydroxylation sites is 1. The van der Waals surface area contributed by atoms with E-state index in [-0.39, 0.29) is 36.3 Å². The van der Waals surface area contributed by atoms with E-state index < -0.39 is 11.5 Å². The van der Waals surface area contributed by atoms with E-state index >= 15 is 0 Å². The molecule has 1 aliphatic heterocycles. The van der Waals surface area contributed by atoms with Gasteiger partial charge in [0.25, 0.3) is 0 Å². The average Bonchev–Trinajstić information content (AvgIpc) is 2.95. The highest BCUT2D eigenvalue weighted by Gasteiger charge is 2.64. The molecule has 2 fully saturated rings. The molecule has 1 aliphatic carbocycles. The minimum Gasteiger partial charge on any atom is -0.491 e. The topological polar surface area (TPSA) is 76.1 Å². The summed E-state index contributed by atoms with van der Waals surface area (Å²) in [6.07, 6.45) is 0.460. The van der Waals surface area contributed by atoms with E-state index in [0.29, 0.717) is 24.3 Å². The van der Waals surface area contributed by atoms with Crippen molar-refractivity contribution in [2.45, 2.75) is 39.7 Å². The van der Waals surface area contributed by atoms with Crippen LogP contribution in [0.5, 0.6) is 17.2 Å². The Kier molecular flexibility index (Phi) is 5.52. The molecule has 6 heteroatoms. The lowest BCUT2D eigenvalue weighted by Gasteiger charge is -2.48. The number of aliphatic hydroxyl groups is 1. The predicted octanol–water partition coefficient (Wildman–Crippen LogP) is 4.03. The van der Waals surface area contributed by atoms with E-state index in [4.69, 9.17) is 9.47 Å². The van der Waals surface area contributed by atoms with Gasteiger partial charge in [-0.05, 0) is 54.7 Å². The molecule has 1 saturated carbocycles. The molecule has 2 amide bonds. The Morgan fingerprint density at radius 1 is 1.00 bits per heavy atom. The number of likely N-dealkylation sites (tertiary alicyclic amines) is 1. The summed E-state index contributed by atoms with van der Waals surface area (Å²) >= 11 is 0. The molecular weight excluding hydrogens is 394 g/mol. The molecule has 1 saturated heterocycles. The Morgan fingerprint density at radius 3 is 2.29 bits per heavy atom. The minimum atomic E-state index is -0.961. The standard InChI is InChI=1S/C25H29NO5/c1-24(2)21-13-14-25(24,3)23(29)26(22(21)28)15-17(27)16-30-18-9-11-20(12-10-18)31-19-7-5-4-6-8-19/h4-12,17,21,27H,13-16H2,1-3H3. The third-order valence-corrected chi connectivity index (χ3v) is 7.15. The number of carbonyl (C=O) groups excluding carboxylic acids is 2. The van der Waals surface area contributed by atoms with Crippen molar-refractivity contribution >= 4 is 11.8 Å². The van der Waals surface area contributed by atoms with Crippen LogP contribution in [0.1, 0.15) is 33.6 Å². The Morgan fingerprint density at radius 2 is 1.61 bits per heavy atom. The van der Waals surface area contributed by atoms with Crippen LogP contribution in [0, 0.1) is 16.7 Å². The van der Waals surface area contributed by atoms with Gasteiger partial charge in [0, 0.05) is 5.92 Å². The summed E-state index contributed by atoms with van der Waals surface area (Å²) < 4.78 is 11.4. The molecule has 6 nitrogen and oxygen atoms in total. The maximum atomic E-state index is 13.1. The van der Waals surface area contributed by atoms with Crippen LogP contribution in [0.4, 0.5) is 0 Å². The number of nitrogens with zero attached hydrogens (tertiary/aromatic N) is 1. The predicted molar refractivity (Wildman–Crippen MR) is 116 cm³/mol. The van der Waals surface area contributed by atoms with Gasteiger partial charge < -0.3 is 14.6 Å². The number of imide groups is 1. The Labute approximate surface area is 182 Å². The second kappa shape index (κ2) is 8.00. The molecule has 2 aromatic carbocycles. The van der Waals surface area contributed by atoms with Gasteiger partial charge in [-0.1, -0.05) is 39.0 Å². The van der Waals surface area contributed by atoms with Crippen molar-refractivity contribution in [2.75, 3.05) is 13.2 Å². The normalized spacial score (nSPS) is 25.4. The molecule has 0 radical (unpaired) electrons. The fourth-order valence-electron chi connectivity index (χ4n) is 4.76. The molecule has 1 heterocycles. The van der Waals surface area contributed by atoms with Gasteiger partial charge in [0.15, 0.2) is 0 Å². The summed E-state index contributed by atoms with van der Waals surface area (Å²) in [7, 11) is 0. The molecule has 3 atom stereocenters. The van der Waals surface area contributed by atoms with Gasteiger partial charge in [-0.15, -0.1) is 0 Å². The number of carbonyl (C=O) groups is 2. The lowest BCUT2D eigenvalue weighted by molar-refractivity contribution is -0.169. The molecule has 3 unspecified atom stereocenters. The van der Waals surface area contributed by atoms with E-state index in [2.05, 4.69) is 0 Å². The first kappa shape index (κ1) is 21.4. The van der Waals surface area contributed by atoms with Crippen LogP contribution in [-0.2, 0) is 9.59 Å². The third kappa shape index (κ3) is 3.81. The maximum absolute atomic E-state index is 13.1. The van der Waals surface area contributed by atoms with Gasteiger partial charge in [0.05, 0.1) is 12.0 Å². The lowest BCUT2D eigenvalue weighted by Crippen LogP contribution is -2.60.